The zero-order chi connectivity index (χ0) is 9.73. The van der Waals surface area contributed by atoms with Crippen molar-refractivity contribution in [1.82, 2.24) is 4.90 Å². The fourth-order valence-electron chi connectivity index (χ4n) is 1.09. The van der Waals surface area contributed by atoms with Crippen molar-refractivity contribution in [1.29, 1.82) is 0 Å². The number of morpholine rings is 1. The van der Waals surface area contributed by atoms with Gasteiger partial charge in [-0.25, -0.2) is 8.42 Å². The Labute approximate surface area is 82.5 Å². The summed E-state index contributed by atoms with van der Waals surface area (Å²) in [5, 5.41) is 1.02. The van der Waals surface area contributed by atoms with Crippen molar-refractivity contribution in [2.75, 3.05) is 32.8 Å². The third-order valence-electron chi connectivity index (χ3n) is 1.73. The average Bonchev–Trinajstić information content (AvgIpc) is 2.04. The van der Waals surface area contributed by atoms with E-state index in [0.717, 1.165) is 18.5 Å². The molecule has 0 N–H and O–H groups in total. The van der Waals surface area contributed by atoms with Crippen molar-refractivity contribution in [2.45, 2.75) is 0 Å². The van der Waals surface area contributed by atoms with Crippen LogP contribution in [0.15, 0.2) is 11.5 Å². The Morgan fingerprint density at radius 3 is 2.54 bits per heavy atom. The van der Waals surface area contributed by atoms with E-state index in [1.54, 1.807) is 6.08 Å². The number of halogens is 1. The lowest BCUT2D eigenvalue weighted by Crippen LogP contribution is -2.36. The highest BCUT2D eigenvalue weighted by Crippen LogP contribution is 2.00. The maximum Gasteiger partial charge on any atom is 0.254 e. The van der Waals surface area contributed by atoms with Gasteiger partial charge in [0.05, 0.1) is 13.2 Å². The maximum atomic E-state index is 10.5. The van der Waals surface area contributed by atoms with Crippen molar-refractivity contribution in [3.63, 3.8) is 0 Å². The van der Waals surface area contributed by atoms with Crippen molar-refractivity contribution in [3.8, 4) is 0 Å². The summed E-state index contributed by atoms with van der Waals surface area (Å²) < 4.78 is 26.2. The van der Waals surface area contributed by atoms with Gasteiger partial charge in [-0.3, -0.25) is 4.90 Å². The largest absolute Gasteiger partial charge is 0.379 e. The van der Waals surface area contributed by atoms with Gasteiger partial charge in [0.1, 0.15) is 0 Å². The summed E-state index contributed by atoms with van der Waals surface area (Å²) in [4.78, 5) is 2.10. The molecular weight excluding hydrogens is 214 g/mol. The smallest absolute Gasteiger partial charge is 0.254 e. The average molecular weight is 226 g/mol. The molecule has 0 spiro atoms. The first-order valence-corrected chi connectivity index (χ1v) is 6.36. The van der Waals surface area contributed by atoms with Gasteiger partial charge in [0.15, 0.2) is 0 Å². The number of hydrogen-bond donors (Lipinski definition) is 0. The van der Waals surface area contributed by atoms with Crippen molar-refractivity contribution < 1.29 is 13.2 Å². The lowest BCUT2D eigenvalue weighted by molar-refractivity contribution is 0.0434. The van der Waals surface area contributed by atoms with E-state index < -0.39 is 9.05 Å². The van der Waals surface area contributed by atoms with E-state index in [-0.39, 0.29) is 0 Å². The van der Waals surface area contributed by atoms with Gasteiger partial charge < -0.3 is 4.74 Å². The van der Waals surface area contributed by atoms with E-state index in [9.17, 15) is 8.42 Å². The summed E-state index contributed by atoms with van der Waals surface area (Å²) >= 11 is 0. The minimum atomic E-state index is -3.49. The molecule has 1 aliphatic rings. The fraction of sp³-hybridized carbons (Fsp3) is 0.714. The molecule has 76 valence electrons. The highest BCUT2D eigenvalue weighted by atomic mass is 35.7. The molecule has 0 aliphatic carbocycles. The SMILES string of the molecule is O=S(=O)(Cl)/C=C\CN1CCOCC1. The molecule has 0 bridgehead atoms. The second-order valence-electron chi connectivity index (χ2n) is 2.76. The van der Waals surface area contributed by atoms with Gasteiger partial charge in [-0.2, -0.15) is 0 Å². The third kappa shape index (κ3) is 5.25. The van der Waals surface area contributed by atoms with Crippen LogP contribution in [0, 0.1) is 0 Å². The van der Waals surface area contributed by atoms with E-state index in [2.05, 4.69) is 4.90 Å². The number of hydrogen-bond acceptors (Lipinski definition) is 4. The van der Waals surface area contributed by atoms with E-state index in [4.69, 9.17) is 15.4 Å². The van der Waals surface area contributed by atoms with Gasteiger partial charge in [0, 0.05) is 35.7 Å². The first-order valence-electron chi connectivity index (χ1n) is 3.99. The summed E-state index contributed by atoms with van der Waals surface area (Å²) in [6.07, 6.45) is 1.55. The minimum Gasteiger partial charge on any atom is -0.379 e. The Kier molecular flexibility index (Phi) is 4.18. The summed E-state index contributed by atoms with van der Waals surface area (Å²) in [6, 6.07) is 0. The van der Waals surface area contributed by atoms with Crippen LogP contribution in [0.4, 0.5) is 0 Å². The fourth-order valence-corrected chi connectivity index (χ4v) is 1.62. The highest BCUT2D eigenvalue weighted by molar-refractivity contribution is 8.16. The minimum absolute atomic E-state index is 0.606. The molecular formula is C7H12ClNO3S. The second-order valence-corrected chi connectivity index (χ2v) is 5.27. The molecule has 0 aromatic heterocycles. The molecule has 1 aliphatic heterocycles. The molecule has 0 aromatic carbocycles. The van der Waals surface area contributed by atoms with Gasteiger partial charge in [-0.05, 0) is 0 Å². The van der Waals surface area contributed by atoms with Gasteiger partial charge in [0.25, 0.3) is 9.05 Å². The van der Waals surface area contributed by atoms with Gasteiger partial charge in [0.2, 0.25) is 0 Å². The Morgan fingerprint density at radius 2 is 2.00 bits per heavy atom. The Bertz CT molecular complexity index is 269. The first kappa shape index (κ1) is 11.0. The van der Waals surface area contributed by atoms with Crippen LogP contribution in [0.1, 0.15) is 0 Å². The monoisotopic (exact) mass is 225 g/mol. The first-order chi connectivity index (χ1) is 6.08. The number of ether oxygens (including phenoxy) is 1. The molecule has 1 saturated heterocycles. The zero-order valence-electron chi connectivity index (χ0n) is 7.15. The summed E-state index contributed by atoms with van der Waals surface area (Å²) in [6.45, 7) is 3.71. The topological polar surface area (TPSA) is 46.6 Å². The standard InChI is InChI=1S/C7H12ClNO3S/c8-13(10,11)7-1-2-9-3-5-12-6-4-9/h1,7H,2-6H2/b7-1-. The molecule has 1 rings (SSSR count). The third-order valence-corrected chi connectivity index (χ3v) is 2.55. The van der Waals surface area contributed by atoms with Crippen LogP contribution < -0.4 is 0 Å². The summed E-state index contributed by atoms with van der Waals surface area (Å²) in [5.41, 5.74) is 0. The van der Waals surface area contributed by atoms with E-state index in [1.807, 2.05) is 0 Å². The Hall–Kier alpha value is -0.100. The molecule has 0 atom stereocenters. The van der Waals surface area contributed by atoms with Gasteiger partial charge in [-0.15, -0.1) is 0 Å². The van der Waals surface area contributed by atoms with E-state index >= 15 is 0 Å². The molecule has 1 heterocycles. The summed E-state index contributed by atoms with van der Waals surface area (Å²) in [7, 11) is 1.50. The van der Waals surface area contributed by atoms with Crippen molar-refractivity contribution in [2.24, 2.45) is 0 Å². The predicted octanol–water partition coefficient (Wildman–Crippen LogP) is 0.401. The lowest BCUT2D eigenvalue weighted by atomic mass is 10.4. The zero-order valence-corrected chi connectivity index (χ0v) is 8.72. The predicted molar refractivity (Wildman–Crippen MR) is 51.2 cm³/mol. The van der Waals surface area contributed by atoms with Crippen LogP contribution in [0.2, 0.25) is 0 Å². The van der Waals surface area contributed by atoms with Crippen molar-refractivity contribution >= 4 is 19.7 Å². The molecule has 1 fully saturated rings. The van der Waals surface area contributed by atoms with E-state index in [0.29, 0.717) is 19.8 Å². The maximum absolute atomic E-state index is 10.5. The lowest BCUT2D eigenvalue weighted by Gasteiger charge is -2.24. The molecule has 0 saturated carbocycles. The molecule has 0 unspecified atom stereocenters. The number of nitrogens with zero attached hydrogens (tertiary/aromatic N) is 1. The van der Waals surface area contributed by atoms with Gasteiger partial charge in [-0.1, -0.05) is 6.08 Å². The van der Waals surface area contributed by atoms with Crippen LogP contribution in [0.25, 0.3) is 0 Å². The Balaban J connectivity index is 2.29. The normalized spacial score (nSPS) is 21.0. The molecule has 0 amide bonds. The molecule has 4 nitrogen and oxygen atoms in total. The number of rotatable bonds is 3. The highest BCUT2D eigenvalue weighted by Gasteiger charge is 2.08. The molecule has 0 aromatic rings. The summed E-state index contributed by atoms with van der Waals surface area (Å²) in [5.74, 6) is 0. The quantitative estimate of drug-likeness (QED) is 0.653. The second kappa shape index (κ2) is 4.95. The van der Waals surface area contributed by atoms with Crippen LogP contribution >= 0.6 is 10.7 Å². The van der Waals surface area contributed by atoms with Gasteiger partial charge >= 0.3 is 0 Å². The van der Waals surface area contributed by atoms with Crippen LogP contribution in [0.3, 0.4) is 0 Å². The molecule has 6 heteroatoms. The van der Waals surface area contributed by atoms with Crippen LogP contribution in [0.5, 0.6) is 0 Å². The molecule has 0 radical (unpaired) electrons. The molecule has 13 heavy (non-hydrogen) atoms. The van der Waals surface area contributed by atoms with Crippen molar-refractivity contribution in [3.05, 3.63) is 11.5 Å². The van der Waals surface area contributed by atoms with Crippen LogP contribution in [-0.4, -0.2) is 46.2 Å². The Morgan fingerprint density at radius 1 is 1.38 bits per heavy atom. The van der Waals surface area contributed by atoms with E-state index in [1.165, 1.54) is 0 Å². The van der Waals surface area contributed by atoms with Crippen LogP contribution in [-0.2, 0) is 13.8 Å².